The van der Waals surface area contributed by atoms with Crippen LogP contribution in [0.5, 0.6) is 11.5 Å². The van der Waals surface area contributed by atoms with E-state index in [1.165, 1.54) is 25.3 Å². The molecule has 0 aliphatic heterocycles. The molecule has 2 N–H and O–H groups in total. The number of rotatable bonds is 4. The number of phenols is 1. The Labute approximate surface area is 134 Å². The van der Waals surface area contributed by atoms with Crippen molar-refractivity contribution in [2.75, 3.05) is 7.11 Å². The Kier molecular flexibility index (Phi) is 4.96. The minimum Gasteiger partial charge on any atom is -0.507 e. The van der Waals surface area contributed by atoms with Crippen molar-refractivity contribution >= 4 is 5.91 Å². The quantitative estimate of drug-likeness (QED) is 0.836. The normalized spacial score (nSPS) is 11.2. The van der Waals surface area contributed by atoms with Gasteiger partial charge in [0.2, 0.25) is 0 Å². The number of alkyl halides is 3. The number of hydrogen-bond donors (Lipinski definition) is 2. The van der Waals surface area contributed by atoms with Gasteiger partial charge in [0.25, 0.3) is 5.91 Å². The van der Waals surface area contributed by atoms with E-state index in [1.807, 2.05) is 0 Å². The number of phenolic OH excluding ortho intramolecular Hbond substituents is 1. The number of benzene rings is 2. The van der Waals surface area contributed by atoms with Gasteiger partial charge in [-0.05, 0) is 29.8 Å². The fourth-order valence-electron chi connectivity index (χ4n) is 2.07. The number of carbonyl (C=O) groups is 1. The van der Waals surface area contributed by atoms with Crippen LogP contribution in [0.4, 0.5) is 17.6 Å². The van der Waals surface area contributed by atoms with Crippen molar-refractivity contribution in [2.24, 2.45) is 0 Å². The summed E-state index contributed by atoms with van der Waals surface area (Å²) in [6.07, 6.45) is -4.75. The van der Waals surface area contributed by atoms with Gasteiger partial charge in [-0.15, -0.1) is 0 Å². The lowest BCUT2D eigenvalue weighted by Gasteiger charge is -2.14. The third-order valence-corrected chi connectivity index (χ3v) is 3.27. The maximum Gasteiger partial charge on any atom is 0.416 e. The van der Waals surface area contributed by atoms with Gasteiger partial charge in [-0.1, -0.05) is 6.07 Å². The zero-order chi connectivity index (χ0) is 17.9. The van der Waals surface area contributed by atoms with Gasteiger partial charge < -0.3 is 15.2 Å². The molecule has 0 aromatic heterocycles. The van der Waals surface area contributed by atoms with Gasteiger partial charge in [-0.3, -0.25) is 4.79 Å². The summed E-state index contributed by atoms with van der Waals surface area (Å²) in [5, 5.41) is 12.0. The molecule has 2 aromatic rings. The molecule has 24 heavy (non-hydrogen) atoms. The molecule has 128 valence electrons. The lowest BCUT2D eigenvalue weighted by molar-refractivity contribution is -0.138. The minimum atomic E-state index is -4.75. The van der Waals surface area contributed by atoms with Crippen LogP contribution in [0.15, 0.2) is 36.4 Å². The molecule has 0 bridgehead atoms. The van der Waals surface area contributed by atoms with E-state index in [-0.39, 0.29) is 16.9 Å². The van der Waals surface area contributed by atoms with Crippen LogP contribution >= 0.6 is 0 Å². The molecule has 0 radical (unpaired) electrons. The summed E-state index contributed by atoms with van der Waals surface area (Å²) < 4.78 is 56.6. The predicted octanol–water partition coefficient (Wildman–Crippen LogP) is 3.49. The van der Waals surface area contributed by atoms with E-state index < -0.39 is 30.0 Å². The summed E-state index contributed by atoms with van der Waals surface area (Å²) in [4.78, 5) is 12.0. The fraction of sp³-hybridized carbons (Fsp3) is 0.188. The van der Waals surface area contributed by atoms with Crippen LogP contribution in [0, 0.1) is 5.82 Å². The third-order valence-electron chi connectivity index (χ3n) is 3.27. The number of hydrogen-bond acceptors (Lipinski definition) is 3. The summed E-state index contributed by atoms with van der Waals surface area (Å²) in [6, 6.07) is 6.10. The maximum absolute atomic E-state index is 13.0. The molecule has 8 heteroatoms. The highest BCUT2D eigenvalue weighted by Gasteiger charge is 2.33. The molecule has 2 aromatic carbocycles. The first-order valence-electron chi connectivity index (χ1n) is 6.73. The largest absolute Gasteiger partial charge is 0.507 e. The SMILES string of the molecule is COc1ccc(C(=O)NCc2ccc(F)cc2C(F)(F)F)c(O)c1. The molecule has 0 atom stereocenters. The van der Waals surface area contributed by atoms with E-state index in [1.54, 1.807) is 0 Å². The Morgan fingerprint density at radius 3 is 2.50 bits per heavy atom. The average molecular weight is 343 g/mol. The topological polar surface area (TPSA) is 58.6 Å². The van der Waals surface area contributed by atoms with E-state index in [2.05, 4.69) is 5.32 Å². The zero-order valence-corrected chi connectivity index (χ0v) is 12.4. The van der Waals surface area contributed by atoms with Crippen LogP contribution < -0.4 is 10.1 Å². The first-order valence-corrected chi connectivity index (χ1v) is 6.73. The van der Waals surface area contributed by atoms with Gasteiger partial charge in [-0.25, -0.2) is 4.39 Å². The van der Waals surface area contributed by atoms with Crippen molar-refractivity contribution in [3.05, 3.63) is 58.9 Å². The summed E-state index contributed by atoms with van der Waals surface area (Å²) >= 11 is 0. The number of carbonyl (C=O) groups excluding carboxylic acids is 1. The number of methoxy groups -OCH3 is 1. The summed E-state index contributed by atoms with van der Waals surface area (Å²) in [5.74, 6) is -1.85. The number of nitrogens with one attached hydrogen (secondary N) is 1. The van der Waals surface area contributed by atoms with Crippen molar-refractivity contribution in [1.82, 2.24) is 5.32 Å². The number of aromatic hydroxyl groups is 1. The molecule has 2 rings (SSSR count). The van der Waals surface area contributed by atoms with Gasteiger partial charge in [0.1, 0.15) is 17.3 Å². The lowest BCUT2D eigenvalue weighted by Crippen LogP contribution is -2.24. The van der Waals surface area contributed by atoms with Crippen molar-refractivity contribution in [1.29, 1.82) is 0 Å². The van der Waals surface area contributed by atoms with Crippen LogP contribution in [-0.2, 0) is 12.7 Å². The third kappa shape index (κ3) is 3.95. The van der Waals surface area contributed by atoms with E-state index in [4.69, 9.17) is 4.74 Å². The molecular formula is C16H13F4NO3. The van der Waals surface area contributed by atoms with Gasteiger partial charge >= 0.3 is 6.18 Å². The molecule has 0 aliphatic rings. The standard InChI is InChI=1S/C16H13F4NO3/c1-24-11-4-5-12(14(22)7-11)15(23)21-8-9-2-3-10(17)6-13(9)16(18,19)20/h2-7,22H,8H2,1H3,(H,21,23). The van der Waals surface area contributed by atoms with E-state index in [0.717, 1.165) is 12.1 Å². The second-order valence-corrected chi connectivity index (χ2v) is 4.86. The van der Waals surface area contributed by atoms with Crippen LogP contribution in [0.3, 0.4) is 0 Å². The van der Waals surface area contributed by atoms with E-state index in [9.17, 15) is 27.5 Å². The molecule has 1 amide bonds. The van der Waals surface area contributed by atoms with Gasteiger partial charge in [0.05, 0.1) is 18.2 Å². The summed E-state index contributed by atoms with van der Waals surface area (Å²) in [6.45, 7) is -0.473. The molecule has 0 saturated heterocycles. The second-order valence-electron chi connectivity index (χ2n) is 4.86. The fourth-order valence-corrected chi connectivity index (χ4v) is 2.07. The smallest absolute Gasteiger partial charge is 0.416 e. The Hall–Kier alpha value is -2.77. The molecule has 0 saturated carbocycles. The Morgan fingerprint density at radius 1 is 1.21 bits per heavy atom. The first kappa shape index (κ1) is 17.6. The zero-order valence-electron chi connectivity index (χ0n) is 12.4. The Morgan fingerprint density at radius 2 is 1.92 bits per heavy atom. The molecule has 0 heterocycles. The maximum atomic E-state index is 13.0. The first-order chi connectivity index (χ1) is 11.2. The van der Waals surface area contributed by atoms with Crippen LogP contribution in [0.2, 0.25) is 0 Å². The number of halogens is 4. The van der Waals surface area contributed by atoms with Crippen LogP contribution in [0.1, 0.15) is 21.5 Å². The van der Waals surface area contributed by atoms with Crippen molar-refractivity contribution in [3.63, 3.8) is 0 Å². The van der Waals surface area contributed by atoms with Crippen LogP contribution in [0.25, 0.3) is 0 Å². The molecule has 0 spiro atoms. The highest BCUT2D eigenvalue weighted by molar-refractivity contribution is 5.96. The molecule has 0 aliphatic carbocycles. The molecular weight excluding hydrogens is 330 g/mol. The minimum absolute atomic E-state index is 0.119. The molecule has 4 nitrogen and oxygen atoms in total. The van der Waals surface area contributed by atoms with Crippen LogP contribution in [-0.4, -0.2) is 18.1 Å². The van der Waals surface area contributed by atoms with Gasteiger partial charge in [0, 0.05) is 12.6 Å². The van der Waals surface area contributed by atoms with Crippen molar-refractivity contribution in [3.8, 4) is 11.5 Å². The van der Waals surface area contributed by atoms with E-state index >= 15 is 0 Å². The van der Waals surface area contributed by atoms with Crippen molar-refractivity contribution < 1.29 is 32.2 Å². The second kappa shape index (κ2) is 6.77. The lowest BCUT2D eigenvalue weighted by atomic mass is 10.1. The number of ether oxygens (including phenoxy) is 1. The monoisotopic (exact) mass is 343 g/mol. The van der Waals surface area contributed by atoms with E-state index in [0.29, 0.717) is 11.8 Å². The number of amides is 1. The summed E-state index contributed by atoms with van der Waals surface area (Å²) in [7, 11) is 1.38. The van der Waals surface area contributed by atoms with Gasteiger partial charge in [-0.2, -0.15) is 13.2 Å². The summed E-state index contributed by atoms with van der Waals surface area (Å²) in [5.41, 5.74) is -1.57. The van der Waals surface area contributed by atoms with Crippen molar-refractivity contribution in [2.45, 2.75) is 12.7 Å². The highest BCUT2D eigenvalue weighted by atomic mass is 19.4. The average Bonchev–Trinajstić information content (AvgIpc) is 2.52. The molecule has 0 fully saturated rings. The Balaban J connectivity index is 2.18. The predicted molar refractivity (Wildman–Crippen MR) is 77.2 cm³/mol. The van der Waals surface area contributed by atoms with Gasteiger partial charge in [0.15, 0.2) is 0 Å². The Bertz CT molecular complexity index is 759. The molecule has 0 unspecified atom stereocenters. The highest BCUT2D eigenvalue weighted by Crippen LogP contribution is 2.32.